The summed E-state index contributed by atoms with van der Waals surface area (Å²) < 4.78 is 5.03. The van der Waals surface area contributed by atoms with Gasteiger partial charge < -0.3 is 4.74 Å². The molecule has 0 aromatic heterocycles. The maximum Gasteiger partial charge on any atom is 0.345 e. The van der Waals surface area contributed by atoms with Crippen LogP contribution in [0.1, 0.15) is 21.5 Å². The molecule has 0 saturated heterocycles. The lowest BCUT2D eigenvalue weighted by Gasteiger charge is -2.07. The van der Waals surface area contributed by atoms with E-state index in [4.69, 9.17) is 4.74 Å². The third-order valence-electron chi connectivity index (χ3n) is 3.13. The SMILES string of the molecule is Cc1cccc(C(=O)OCc2cccc([N+](=O)[O-])c2)c1[N+](=O)[O-]. The van der Waals surface area contributed by atoms with Crippen molar-refractivity contribution in [3.8, 4) is 0 Å². The van der Waals surface area contributed by atoms with E-state index < -0.39 is 15.8 Å². The van der Waals surface area contributed by atoms with Crippen LogP contribution in [0.2, 0.25) is 0 Å². The summed E-state index contributed by atoms with van der Waals surface area (Å²) in [5.41, 5.74) is 0.180. The minimum absolute atomic E-state index is 0.125. The Morgan fingerprint density at radius 1 is 1.09 bits per heavy atom. The number of carbonyl (C=O) groups excluding carboxylic acids is 1. The number of para-hydroxylation sites is 1. The second kappa shape index (κ2) is 6.65. The number of non-ortho nitro benzene ring substituents is 1. The first kappa shape index (κ1) is 16.1. The van der Waals surface area contributed by atoms with Crippen LogP contribution in [0.3, 0.4) is 0 Å². The lowest BCUT2D eigenvalue weighted by molar-refractivity contribution is -0.385. The lowest BCUT2D eigenvalue weighted by Crippen LogP contribution is -2.09. The summed E-state index contributed by atoms with van der Waals surface area (Å²) in [5, 5.41) is 21.8. The third kappa shape index (κ3) is 3.67. The van der Waals surface area contributed by atoms with Gasteiger partial charge in [-0.05, 0) is 18.6 Å². The van der Waals surface area contributed by atoms with Crippen molar-refractivity contribution in [2.75, 3.05) is 0 Å². The minimum Gasteiger partial charge on any atom is -0.457 e. The van der Waals surface area contributed by atoms with Crippen molar-refractivity contribution < 1.29 is 19.4 Å². The molecule has 118 valence electrons. The predicted molar refractivity (Wildman–Crippen MR) is 80.0 cm³/mol. The largest absolute Gasteiger partial charge is 0.457 e. The topological polar surface area (TPSA) is 113 Å². The average Bonchev–Trinajstić information content (AvgIpc) is 2.52. The van der Waals surface area contributed by atoms with E-state index >= 15 is 0 Å². The standard InChI is InChI=1S/C15H12N2O6/c1-10-4-2-7-13(14(10)17(21)22)15(18)23-9-11-5-3-6-12(8-11)16(19)20/h2-8H,9H2,1H3. The number of hydrogen-bond acceptors (Lipinski definition) is 6. The molecule has 0 amide bonds. The van der Waals surface area contributed by atoms with Crippen LogP contribution in [0, 0.1) is 27.2 Å². The number of nitrogens with zero attached hydrogens (tertiary/aromatic N) is 2. The van der Waals surface area contributed by atoms with Gasteiger partial charge in [0, 0.05) is 17.7 Å². The highest BCUT2D eigenvalue weighted by Gasteiger charge is 2.23. The summed E-state index contributed by atoms with van der Waals surface area (Å²) in [7, 11) is 0. The number of nitro benzene ring substituents is 2. The summed E-state index contributed by atoms with van der Waals surface area (Å²) in [4.78, 5) is 32.6. The summed E-state index contributed by atoms with van der Waals surface area (Å²) in [6.07, 6.45) is 0. The summed E-state index contributed by atoms with van der Waals surface area (Å²) in [6, 6.07) is 9.97. The van der Waals surface area contributed by atoms with Crippen LogP contribution in [0.25, 0.3) is 0 Å². The monoisotopic (exact) mass is 316 g/mol. The molecule has 23 heavy (non-hydrogen) atoms. The van der Waals surface area contributed by atoms with E-state index in [-0.39, 0.29) is 23.5 Å². The number of rotatable bonds is 5. The number of aryl methyl sites for hydroxylation is 1. The van der Waals surface area contributed by atoms with Crippen molar-refractivity contribution in [2.24, 2.45) is 0 Å². The van der Waals surface area contributed by atoms with E-state index in [1.807, 2.05) is 0 Å². The Kier molecular flexibility index (Phi) is 4.65. The number of hydrogen-bond donors (Lipinski definition) is 0. The predicted octanol–water partition coefficient (Wildman–Crippen LogP) is 3.17. The van der Waals surface area contributed by atoms with Gasteiger partial charge in [0.1, 0.15) is 12.2 Å². The van der Waals surface area contributed by atoms with Gasteiger partial charge in [-0.3, -0.25) is 20.2 Å². The fourth-order valence-electron chi connectivity index (χ4n) is 2.05. The molecule has 0 spiro atoms. The summed E-state index contributed by atoms with van der Waals surface area (Å²) >= 11 is 0. The van der Waals surface area contributed by atoms with Gasteiger partial charge >= 0.3 is 5.97 Å². The molecule has 0 radical (unpaired) electrons. The zero-order valence-electron chi connectivity index (χ0n) is 12.1. The quantitative estimate of drug-likeness (QED) is 0.475. The van der Waals surface area contributed by atoms with Crippen LogP contribution >= 0.6 is 0 Å². The fraction of sp³-hybridized carbons (Fsp3) is 0.133. The van der Waals surface area contributed by atoms with Gasteiger partial charge in [0.05, 0.1) is 9.85 Å². The first-order chi connectivity index (χ1) is 10.9. The molecule has 0 aliphatic rings. The molecule has 0 unspecified atom stereocenters. The van der Waals surface area contributed by atoms with Crippen molar-refractivity contribution in [1.29, 1.82) is 0 Å². The molecule has 0 atom stereocenters. The molecule has 0 N–H and O–H groups in total. The average molecular weight is 316 g/mol. The van der Waals surface area contributed by atoms with Gasteiger partial charge in [-0.25, -0.2) is 4.79 Å². The van der Waals surface area contributed by atoms with Crippen molar-refractivity contribution in [3.63, 3.8) is 0 Å². The molecule has 0 fully saturated rings. The summed E-state index contributed by atoms with van der Waals surface area (Å²) in [6.45, 7) is 1.31. The Labute approximate surface area is 130 Å². The van der Waals surface area contributed by atoms with Crippen LogP contribution in [-0.4, -0.2) is 15.8 Å². The Bertz CT molecular complexity index is 787. The molecular formula is C15H12N2O6. The van der Waals surface area contributed by atoms with Gasteiger partial charge in [0.15, 0.2) is 0 Å². The molecule has 0 saturated carbocycles. The second-order valence-corrected chi connectivity index (χ2v) is 4.73. The number of carbonyl (C=O) groups is 1. The Morgan fingerprint density at radius 3 is 2.43 bits per heavy atom. The van der Waals surface area contributed by atoms with E-state index in [1.54, 1.807) is 6.07 Å². The normalized spacial score (nSPS) is 10.1. The van der Waals surface area contributed by atoms with Crippen LogP contribution in [0.4, 0.5) is 11.4 Å². The molecule has 2 aromatic rings. The maximum absolute atomic E-state index is 12.1. The molecular weight excluding hydrogens is 304 g/mol. The zero-order valence-corrected chi connectivity index (χ0v) is 12.1. The smallest absolute Gasteiger partial charge is 0.345 e. The number of nitro groups is 2. The van der Waals surface area contributed by atoms with Crippen LogP contribution in [-0.2, 0) is 11.3 Å². The van der Waals surface area contributed by atoms with Crippen LogP contribution in [0.15, 0.2) is 42.5 Å². The number of esters is 1. The van der Waals surface area contributed by atoms with E-state index in [2.05, 4.69) is 0 Å². The number of ether oxygens (including phenoxy) is 1. The molecule has 0 bridgehead atoms. The van der Waals surface area contributed by atoms with Crippen LogP contribution in [0.5, 0.6) is 0 Å². The van der Waals surface area contributed by atoms with Crippen molar-refractivity contribution in [1.82, 2.24) is 0 Å². The Morgan fingerprint density at radius 2 is 1.78 bits per heavy atom. The zero-order chi connectivity index (χ0) is 17.0. The lowest BCUT2D eigenvalue weighted by atomic mass is 10.1. The first-order valence-electron chi connectivity index (χ1n) is 6.54. The van der Waals surface area contributed by atoms with Gasteiger partial charge in [-0.15, -0.1) is 0 Å². The van der Waals surface area contributed by atoms with Crippen LogP contribution < -0.4 is 0 Å². The molecule has 0 heterocycles. The minimum atomic E-state index is -0.855. The maximum atomic E-state index is 12.1. The van der Waals surface area contributed by atoms with Crippen molar-refractivity contribution in [2.45, 2.75) is 13.5 Å². The first-order valence-corrected chi connectivity index (χ1v) is 6.54. The van der Waals surface area contributed by atoms with Crippen molar-refractivity contribution in [3.05, 3.63) is 79.4 Å². The fourth-order valence-corrected chi connectivity index (χ4v) is 2.05. The van der Waals surface area contributed by atoms with E-state index in [9.17, 15) is 25.0 Å². The second-order valence-electron chi connectivity index (χ2n) is 4.73. The van der Waals surface area contributed by atoms with Gasteiger partial charge in [-0.2, -0.15) is 0 Å². The van der Waals surface area contributed by atoms with E-state index in [0.717, 1.165) is 0 Å². The Hall–Kier alpha value is -3.29. The van der Waals surface area contributed by atoms with Gasteiger partial charge in [0.2, 0.25) is 0 Å². The van der Waals surface area contributed by atoms with E-state index in [0.29, 0.717) is 11.1 Å². The van der Waals surface area contributed by atoms with Crippen molar-refractivity contribution >= 4 is 17.3 Å². The molecule has 8 heteroatoms. The van der Waals surface area contributed by atoms with Gasteiger partial charge in [0.25, 0.3) is 11.4 Å². The number of benzene rings is 2. The third-order valence-corrected chi connectivity index (χ3v) is 3.13. The molecule has 0 aliphatic carbocycles. The van der Waals surface area contributed by atoms with E-state index in [1.165, 1.54) is 43.3 Å². The highest BCUT2D eigenvalue weighted by molar-refractivity contribution is 5.94. The highest BCUT2D eigenvalue weighted by Crippen LogP contribution is 2.24. The molecule has 2 aromatic carbocycles. The summed E-state index contributed by atoms with van der Waals surface area (Å²) in [5.74, 6) is -0.855. The molecule has 2 rings (SSSR count). The van der Waals surface area contributed by atoms with Gasteiger partial charge in [-0.1, -0.05) is 24.3 Å². The molecule has 0 aliphatic heterocycles. The highest BCUT2D eigenvalue weighted by atomic mass is 16.6. The molecule has 8 nitrogen and oxygen atoms in total. The Balaban J connectivity index is 2.18.